The van der Waals surface area contributed by atoms with Crippen LogP contribution < -0.4 is 9.47 Å². The zero-order chi connectivity index (χ0) is 14.8. The van der Waals surface area contributed by atoms with Gasteiger partial charge in [-0.05, 0) is 30.2 Å². The van der Waals surface area contributed by atoms with Gasteiger partial charge in [-0.1, -0.05) is 15.9 Å². The Morgan fingerprint density at radius 2 is 1.58 bits per heavy atom. The van der Waals surface area contributed by atoms with Crippen molar-refractivity contribution >= 4 is 15.9 Å². The van der Waals surface area contributed by atoms with Gasteiger partial charge in [0.25, 0.3) is 0 Å². The summed E-state index contributed by atoms with van der Waals surface area (Å²) in [5.41, 5.74) is 0.433. The Labute approximate surface area is 116 Å². The summed E-state index contributed by atoms with van der Waals surface area (Å²) in [6, 6.07) is 2.73. The summed E-state index contributed by atoms with van der Waals surface area (Å²) in [4.78, 5) is -1.81. The molecule has 0 spiro atoms. The molecule has 0 heterocycles. The van der Waals surface area contributed by atoms with Crippen LogP contribution in [0.2, 0.25) is 0 Å². The molecule has 0 saturated carbocycles. The summed E-state index contributed by atoms with van der Waals surface area (Å²) in [6.07, 6.45) is -3.76. The van der Waals surface area contributed by atoms with E-state index in [-0.39, 0.29) is 11.3 Å². The lowest BCUT2D eigenvalue weighted by Crippen LogP contribution is -2.31. The zero-order valence-electron chi connectivity index (χ0n) is 10.5. The monoisotopic (exact) mass is 344 g/mol. The number of rotatable bonds is 5. The van der Waals surface area contributed by atoms with Gasteiger partial charge in [0, 0.05) is 0 Å². The number of alkyl halides is 5. The van der Waals surface area contributed by atoms with Crippen molar-refractivity contribution in [1.82, 2.24) is 0 Å². The van der Waals surface area contributed by atoms with Gasteiger partial charge in [0.1, 0.15) is 4.83 Å². The second kappa shape index (κ2) is 5.98. The molecule has 0 bridgehead atoms. The molecule has 0 aromatic heterocycles. The van der Waals surface area contributed by atoms with Gasteiger partial charge >= 0.3 is 12.3 Å². The number of hydrogen-bond acceptors (Lipinski definition) is 2. The summed E-state index contributed by atoms with van der Waals surface area (Å²) in [7, 11) is 2.74. The average molecular weight is 345 g/mol. The molecular weight excluding hydrogens is 332 g/mol. The van der Waals surface area contributed by atoms with Crippen LogP contribution in [-0.4, -0.2) is 26.6 Å². The van der Waals surface area contributed by atoms with E-state index in [1.807, 2.05) is 0 Å². The first-order valence-corrected chi connectivity index (χ1v) is 6.19. The topological polar surface area (TPSA) is 18.5 Å². The van der Waals surface area contributed by atoms with Crippen molar-refractivity contribution in [2.75, 3.05) is 14.2 Å². The highest BCUT2D eigenvalue weighted by Gasteiger charge is 2.48. The first-order chi connectivity index (χ1) is 8.75. The molecule has 0 radical (unpaired) electrons. The number of methoxy groups -OCH3 is 2. The quantitative estimate of drug-likeness (QED) is 0.584. The summed E-state index contributed by atoms with van der Waals surface area (Å²) < 4.78 is 61.4. The fourth-order valence-corrected chi connectivity index (χ4v) is 2.28. The van der Waals surface area contributed by atoms with E-state index in [1.165, 1.54) is 33.3 Å². The van der Waals surface area contributed by atoms with Gasteiger partial charge in [-0.2, -0.15) is 8.78 Å². The molecule has 2 nitrogen and oxygen atoms in total. The van der Waals surface area contributed by atoms with Crippen molar-refractivity contribution in [3.05, 3.63) is 23.3 Å². The maximum atomic E-state index is 13.4. The molecule has 1 aromatic carbocycles. The molecule has 0 aliphatic heterocycles. The number of benzene rings is 1. The molecule has 1 unspecified atom stereocenters. The Morgan fingerprint density at radius 3 is 2.00 bits per heavy atom. The molecule has 0 aliphatic rings. The Balaban J connectivity index is 3.28. The zero-order valence-corrected chi connectivity index (χ0v) is 12.1. The van der Waals surface area contributed by atoms with Gasteiger partial charge in [-0.25, -0.2) is 8.78 Å². The maximum absolute atomic E-state index is 13.4. The van der Waals surface area contributed by atoms with Crippen molar-refractivity contribution in [3.8, 4) is 11.5 Å². The number of halogens is 5. The van der Waals surface area contributed by atoms with Crippen LogP contribution in [0.15, 0.2) is 12.1 Å². The van der Waals surface area contributed by atoms with Gasteiger partial charge in [0.05, 0.1) is 14.2 Å². The summed E-state index contributed by atoms with van der Waals surface area (Å²) in [5, 5.41) is 0. The first-order valence-electron chi connectivity index (χ1n) is 5.28. The number of aryl methyl sites for hydroxylation is 1. The van der Waals surface area contributed by atoms with Gasteiger partial charge in [-0.15, -0.1) is 0 Å². The molecule has 1 atom stereocenters. The summed E-state index contributed by atoms with van der Waals surface area (Å²) >= 11 is 2.64. The Morgan fingerprint density at radius 1 is 1.11 bits per heavy atom. The van der Waals surface area contributed by atoms with E-state index in [9.17, 15) is 17.6 Å². The van der Waals surface area contributed by atoms with Crippen LogP contribution in [0.1, 0.15) is 16.0 Å². The highest BCUT2D eigenvalue weighted by molar-refractivity contribution is 9.09. The van der Waals surface area contributed by atoms with Crippen molar-refractivity contribution in [3.63, 3.8) is 0 Å². The Kier molecular flexibility index (Phi) is 5.06. The van der Waals surface area contributed by atoms with E-state index in [1.54, 1.807) is 0 Å². The molecular formula is C12H13BrF4O2. The van der Waals surface area contributed by atoms with E-state index in [0.717, 1.165) is 0 Å². The minimum atomic E-state index is -4.18. The van der Waals surface area contributed by atoms with Gasteiger partial charge in [0.2, 0.25) is 0 Å². The van der Waals surface area contributed by atoms with Crippen LogP contribution in [0.25, 0.3) is 0 Å². The minimum Gasteiger partial charge on any atom is -0.493 e. The molecule has 108 valence electrons. The summed E-state index contributed by atoms with van der Waals surface area (Å²) in [5.74, 6) is -3.62. The van der Waals surface area contributed by atoms with Crippen LogP contribution in [0.3, 0.4) is 0 Å². The molecule has 0 amide bonds. The molecule has 0 saturated heterocycles. The molecule has 19 heavy (non-hydrogen) atoms. The van der Waals surface area contributed by atoms with Crippen LogP contribution in [0.5, 0.6) is 11.5 Å². The highest BCUT2D eigenvalue weighted by Crippen LogP contribution is 2.45. The fourth-order valence-electron chi connectivity index (χ4n) is 1.59. The van der Waals surface area contributed by atoms with Crippen LogP contribution in [0, 0.1) is 6.92 Å². The van der Waals surface area contributed by atoms with Gasteiger partial charge in [-0.3, -0.25) is 0 Å². The lowest BCUT2D eigenvalue weighted by molar-refractivity contribution is -0.127. The third-order valence-corrected chi connectivity index (χ3v) is 3.78. The third kappa shape index (κ3) is 3.13. The normalized spacial score (nSPS) is 13.5. The van der Waals surface area contributed by atoms with E-state index in [0.29, 0.717) is 11.3 Å². The highest BCUT2D eigenvalue weighted by atomic mass is 79.9. The third-order valence-electron chi connectivity index (χ3n) is 2.67. The van der Waals surface area contributed by atoms with E-state index in [4.69, 9.17) is 9.47 Å². The smallest absolute Gasteiger partial charge is 0.323 e. The first kappa shape index (κ1) is 16.1. The molecule has 0 aliphatic carbocycles. The molecule has 0 N–H and O–H groups in total. The lowest BCUT2D eigenvalue weighted by Gasteiger charge is -2.24. The molecule has 1 aromatic rings. The number of hydrogen-bond donors (Lipinski definition) is 0. The summed E-state index contributed by atoms with van der Waals surface area (Å²) in [6.45, 7) is 1.53. The molecule has 7 heteroatoms. The minimum absolute atomic E-state index is 0.0305. The van der Waals surface area contributed by atoms with Crippen LogP contribution >= 0.6 is 15.9 Å². The largest absolute Gasteiger partial charge is 0.493 e. The molecule has 1 rings (SSSR count). The van der Waals surface area contributed by atoms with Crippen molar-refractivity contribution in [1.29, 1.82) is 0 Å². The Hall–Kier alpha value is -0.980. The van der Waals surface area contributed by atoms with Crippen molar-refractivity contribution in [2.24, 2.45) is 0 Å². The van der Waals surface area contributed by atoms with Crippen LogP contribution in [-0.2, 0) is 0 Å². The predicted molar refractivity (Wildman–Crippen MR) is 66.9 cm³/mol. The van der Waals surface area contributed by atoms with Crippen molar-refractivity contribution in [2.45, 2.75) is 24.1 Å². The average Bonchev–Trinajstić information content (AvgIpc) is 2.37. The second-order valence-electron chi connectivity index (χ2n) is 3.90. The lowest BCUT2D eigenvalue weighted by atomic mass is 10.0. The number of ether oxygens (including phenoxy) is 2. The van der Waals surface area contributed by atoms with Crippen molar-refractivity contribution < 1.29 is 27.0 Å². The standard InChI is InChI=1S/C12H13BrF4O2/c1-6-4-8(18-2)9(19-3)5-7(6)10(13)12(16,17)11(14)15/h4-5,10-11H,1-3H3. The van der Waals surface area contributed by atoms with Gasteiger partial charge < -0.3 is 9.47 Å². The van der Waals surface area contributed by atoms with E-state index < -0.39 is 17.2 Å². The van der Waals surface area contributed by atoms with E-state index >= 15 is 0 Å². The van der Waals surface area contributed by atoms with Crippen LogP contribution in [0.4, 0.5) is 17.6 Å². The predicted octanol–water partition coefficient (Wildman–Crippen LogP) is 4.35. The molecule has 0 fully saturated rings. The second-order valence-corrected chi connectivity index (χ2v) is 4.82. The Bertz CT molecular complexity index is 452. The van der Waals surface area contributed by atoms with E-state index in [2.05, 4.69) is 15.9 Å². The van der Waals surface area contributed by atoms with Gasteiger partial charge in [0.15, 0.2) is 11.5 Å². The maximum Gasteiger partial charge on any atom is 0.323 e. The fraction of sp³-hybridized carbons (Fsp3) is 0.500. The SMILES string of the molecule is COc1cc(C)c(C(Br)C(F)(F)C(F)F)cc1OC.